The van der Waals surface area contributed by atoms with E-state index >= 15 is 0 Å². The number of rotatable bonds is 3. The van der Waals surface area contributed by atoms with E-state index in [4.69, 9.17) is 0 Å². The van der Waals surface area contributed by atoms with Crippen molar-refractivity contribution in [1.29, 1.82) is 0 Å². The van der Waals surface area contributed by atoms with Gasteiger partial charge in [-0.1, -0.05) is 6.07 Å². The molecule has 130 valence electrons. The third-order valence-corrected chi connectivity index (χ3v) is 5.24. The molecule has 3 aromatic heterocycles. The van der Waals surface area contributed by atoms with Crippen molar-refractivity contribution in [3.05, 3.63) is 46.2 Å². The van der Waals surface area contributed by atoms with Crippen molar-refractivity contribution in [3.8, 4) is 0 Å². The number of hydrogen-bond donors (Lipinski definition) is 0. The topological polar surface area (TPSA) is 63.4 Å². The van der Waals surface area contributed by atoms with Crippen molar-refractivity contribution in [3.63, 3.8) is 0 Å². The van der Waals surface area contributed by atoms with Gasteiger partial charge in [0.15, 0.2) is 0 Å². The lowest BCUT2D eigenvalue weighted by Crippen LogP contribution is -2.39. The highest BCUT2D eigenvalue weighted by Gasteiger charge is 2.28. The summed E-state index contributed by atoms with van der Waals surface area (Å²) in [5.74, 6) is 0.0590. The fourth-order valence-electron chi connectivity index (χ4n) is 3.18. The summed E-state index contributed by atoms with van der Waals surface area (Å²) in [5, 5.41) is 5.67. The van der Waals surface area contributed by atoms with E-state index in [0.717, 1.165) is 17.4 Å². The van der Waals surface area contributed by atoms with Crippen LogP contribution in [-0.2, 0) is 0 Å². The molecule has 0 radical (unpaired) electrons. The molecule has 1 saturated heterocycles. The van der Waals surface area contributed by atoms with Crippen molar-refractivity contribution in [2.75, 3.05) is 13.1 Å². The zero-order valence-electron chi connectivity index (χ0n) is 13.2. The molecule has 25 heavy (non-hydrogen) atoms. The summed E-state index contributed by atoms with van der Waals surface area (Å²) in [4.78, 5) is 23.3. The summed E-state index contributed by atoms with van der Waals surface area (Å²) in [6.07, 6.45) is 0.156. The van der Waals surface area contributed by atoms with Crippen LogP contribution in [-0.4, -0.2) is 43.5 Å². The molecule has 1 amide bonds. The summed E-state index contributed by atoms with van der Waals surface area (Å²) in [7, 11) is 0. The normalized spacial score (nSPS) is 18.2. The Morgan fingerprint density at radius 2 is 2.28 bits per heavy atom. The van der Waals surface area contributed by atoms with E-state index in [2.05, 4.69) is 15.1 Å². The molecule has 6 nitrogen and oxygen atoms in total. The van der Waals surface area contributed by atoms with Crippen LogP contribution in [0.1, 0.15) is 46.2 Å². The smallest absolute Gasteiger partial charge is 0.280 e. The number of hydrogen-bond acceptors (Lipinski definition) is 5. The summed E-state index contributed by atoms with van der Waals surface area (Å²) in [6, 6.07) is 5.02. The molecule has 0 aliphatic carbocycles. The number of aromatic nitrogens is 4. The molecule has 4 rings (SSSR count). The molecule has 0 bridgehead atoms. The van der Waals surface area contributed by atoms with E-state index in [-0.39, 0.29) is 23.3 Å². The van der Waals surface area contributed by atoms with Gasteiger partial charge in [-0.15, -0.1) is 11.3 Å². The lowest BCUT2D eigenvalue weighted by Gasteiger charge is -2.32. The molecule has 0 N–H and O–H groups in total. The predicted molar refractivity (Wildman–Crippen MR) is 87.9 cm³/mol. The van der Waals surface area contributed by atoms with Gasteiger partial charge in [-0.3, -0.25) is 4.79 Å². The van der Waals surface area contributed by atoms with Crippen molar-refractivity contribution in [2.45, 2.75) is 25.2 Å². The largest absolute Gasteiger partial charge is 0.337 e. The standard InChI is InChI=1S/C16H15F2N5OS/c17-14(18)12-7-11(21-16-19-9-20-23(12)16)10-3-1-5-22(8-10)15(24)13-4-2-6-25-13/h2,4,6-7,9-10,14H,1,3,5,8H2. The minimum Gasteiger partial charge on any atom is -0.337 e. The van der Waals surface area contributed by atoms with Gasteiger partial charge in [0.25, 0.3) is 18.1 Å². The Morgan fingerprint density at radius 1 is 1.40 bits per heavy atom. The summed E-state index contributed by atoms with van der Waals surface area (Å²) in [6.45, 7) is 1.14. The van der Waals surface area contributed by atoms with Crippen LogP contribution in [0.15, 0.2) is 29.9 Å². The molecule has 0 saturated carbocycles. The van der Waals surface area contributed by atoms with E-state index in [1.165, 1.54) is 23.7 Å². The maximum Gasteiger partial charge on any atom is 0.280 e. The lowest BCUT2D eigenvalue weighted by molar-refractivity contribution is 0.0710. The zero-order valence-corrected chi connectivity index (χ0v) is 14.0. The quantitative estimate of drug-likeness (QED) is 0.717. The SMILES string of the molecule is O=C(c1cccs1)N1CCCC(c2cc(C(F)F)n3ncnc3n2)C1. The van der Waals surface area contributed by atoms with Crippen molar-refractivity contribution in [1.82, 2.24) is 24.5 Å². The average molecular weight is 363 g/mol. The first kappa shape index (κ1) is 16.1. The summed E-state index contributed by atoms with van der Waals surface area (Å²) < 4.78 is 27.7. The van der Waals surface area contributed by atoms with Gasteiger partial charge in [-0.2, -0.15) is 14.6 Å². The second-order valence-corrected chi connectivity index (χ2v) is 6.89. The fraction of sp³-hybridized carbons (Fsp3) is 0.375. The number of piperidine rings is 1. The fourth-order valence-corrected chi connectivity index (χ4v) is 3.87. The van der Waals surface area contributed by atoms with E-state index in [9.17, 15) is 13.6 Å². The Bertz CT molecular complexity index is 895. The maximum absolute atomic E-state index is 13.3. The second-order valence-electron chi connectivity index (χ2n) is 5.95. The molecule has 1 aliphatic heterocycles. The Kier molecular flexibility index (Phi) is 4.16. The number of carbonyl (C=O) groups is 1. The van der Waals surface area contributed by atoms with Gasteiger partial charge in [0, 0.05) is 19.0 Å². The minimum atomic E-state index is -2.67. The minimum absolute atomic E-state index is 0.0164. The first-order valence-corrected chi connectivity index (χ1v) is 8.83. The van der Waals surface area contributed by atoms with Gasteiger partial charge in [-0.05, 0) is 30.4 Å². The van der Waals surface area contributed by atoms with Crippen molar-refractivity contribution < 1.29 is 13.6 Å². The van der Waals surface area contributed by atoms with Crippen LogP contribution in [0.25, 0.3) is 5.78 Å². The van der Waals surface area contributed by atoms with Crippen LogP contribution in [0.3, 0.4) is 0 Å². The summed E-state index contributed by atoms with van der Waals surface area (Å²) >= 11 is 1.40. The first-order chi connectivity index (χ1) is 12.1. The number of fused-ring (bicyclic) bond motifs is 1. The maximum atomic E-state index is 13.3. The van der Waals surface area contributed by atoms with Gasteiger partial charge >= 0.3 is 0 Å². The highest BCUT2D eigenvalue weighted by molar-refractivity contribution is 7.12. The van der Waals surface area contributed by atoms with Crippen LogP contribution < -0.4 is 0 Å². The predicted octanol–water partition coefficient (Wildman–Crippen LogP) is 3.14. The van der Waals surface area contributed by atoms with Gasteiger partial charge in [0.1, 0.15) is 12.0 Å². The molecule has 3 aromatic rings. The monoisotopic (exact) mass is 363 g/mol. The van der Waals surface area contributed by atoms with Crippen LogP contribution >= 0.6 is 11.3 Å². The number of nitrogens with zero attached hydrogens (tertiary/aromatic N) is 5. The van der Waals surface area contributed by atoms with Gasteiger partial charge in [0.2, 0.25) is 0 Å². The number of likely N-dealkylation sites (tertiary alicyclic amines) is 1. The second kappa shape index (κ2) is 6.47. The molecular formula is C16H15F2N5OS. The Labute approximate surface area is 146 Å². The number of halogens is 2. The van der Waals surface area contributed by atoms with Crippen LogP contribution in [0, 0.1) is 0 Å². The van der Waals surface area contributed by atoms with Crippen LogP contribution in [0.2, 0.25) is 0 Å². The number of carbonyl (C=O) groups excluding carboxylic acids is 1. The van der Waals surface area contributed by atoms with E-state index in [1.54, 1.807) is 11.0 Å². The average Bonchev–Trinajstić information content (AvgIpc) is 3.31. The van der Waals surface area contributed by atoms with Gasteiger partial charge in [-0.25, -0.2) is 13.8 Å². The molecule has 1 fully saturated rings. The molecule has 0 spiro atoms. The third kappa shape index (κ3) is 2.99. The Hall–Kier alpha value is -2.42. The molecule has 1 unspecified atom stereocenters. The van der Waals surface area contributed by atoms with E-state index in [0.29, 0.717) is 23.7 Å². The van der Waals surface area contributed by atoms with E-state index < -0.39 is 6.43 Å². The van der Waals surface area contributed by atoms with Crippen molar-refractivity contribution >= 4 is 23.0 Å². The van der Waals surface area contributed by atoms with Gasteiger partial charge < -0.3 is 4.90 Å². The third-order valence-electron chi connectivity index (χ3n) is 4.38. The number of alkyl halides is 2. The number of thiophene rings is 1. The van der Waals surface area contributed by atoms with Crippen molar-refractivity contribution in [2.24, 2.45) is 0 Å². The van der Waals surface area contributed by atoms with Crippen LogP contribution in [0.5, 0.6) is 0 Å². The lowest BCUT2D eigenvalue weighted by atomic mass is 9.94. The molecule has 4 heterocycles. The highest BCUT2D eigenvalue weighted by atomic mass is 32.1. The Morgan fingerprint density at radius 3 is 3.04 bits per heavy atom. The zero-order chi connectivity index (χ0) is 17.4. The number of amides is 1. The van der Waals surface area contributed by atoms with Crippen LogP contribution in [0.4, 0.5) is 8.78 Å². The first-order valence-electron chi connectivity index (χ1n) is 7.95. The van der Waals surface area contributed by atoms with Gasteiger partial charge in [0.05, 0.1) is 10.6 Å². The molecule has 1 aliphatic rings. The molecular weight excluding hydrogens is 348 g/mol. The van der Waals surface area contributed by atoms with E-state index in [1.807, 2.05) is 11.4 Å². The molecule has 0 aromatic carbocycles. The molecule has 9 heteroatoms. The Balaban J connectivity index is 1.63. The highest BCUT2D eigenvalue weighted by Crippen LogP contribution is 2.30. The summed E-state index contributed by atoms with van der Waals surface area (Å²) in [5.41, 5.74) is 0.318. The molecule has 1 atom stereocenters.